The minimum absolute atomic E-state index is 0.132. The molecular formula is C13H16N4O3S. The maximum atomic E-state index is 12.1. The summed E-state index contributed by atoms with van der Waals surface area (Å²) < 4.78 is 0. The molecule has 0 aliphatic carbocycles. The molecule has 0 bridgehead atoms. The standard InChI is InChI=1S/C13H16N4O3S/c1-7(6-10-5-4-8(2)21-10)14-13(18)11-12(17(19)20)9(3)15-16-11/h4-5,7H,6H2,1-3H3,(H,14,18)(H,15,16)/t7-/m0/s1. The van der Waals surface area contributed by atoms with Crippen LogP contribution in [0.15, 0.2) is 12.1 Å². The molecule has 2 aromatic heterocycles. The highest BCUT2D eigenvalue weighted by Crippen LogP contribution is 2.20. The van der Waals surface area contributed by atoms with Crippen molar-refractivity contribution < 1.29 is 9.72 Å². The van der Waals surface area contributed by atoms with Gasteiger partial charge in [0, 0.05) is 22.2 Å². The molecule has 0 radical (unpaired) electrons. The molecule has 0 fully saturated rings. The average Bonchev–Trinajstić information content (AvgIpc) is 2.95. The first-order valence-corrected chi connectivity index (χ1v) is 7.25. The fourth-order valence-electron chi connectivity index (χ4n) is 2.04. The average molecular weight is 308 g/mol. The van der Waals surface area contributed by atoms with Gasteiger partial charge < -0.3 is 5.32 Å². The summed E-state index contributed by atoms with van der Waals surface area (Å²) in [5.41, 5.74) is -0.176. The molecule has 0 aliphatic rings. The van der Waals surface area contributed by atoms with Crippen LogP contribution in [0.3, 0.4) is 0 Å². The summed E-state index contributed by atoms with van der Waals surface area (Å²) in [5, 5.41) is 19.9. The van der Waals surface area contributed by atoms with Gasteiger partial charge in [-0.1, -0.05) is 0 Å². The van der Waals surface area contributed by atoms with Crippen LogP contribution in [0.4, 0.5) is 5.69 Å². The zero-order valence-corrected chi connectivity index (χ0v) is 12.8. The molecule has 0 saturated heterocycles. The number of H-pyrrole nitrogens is 1. The van der Waals surface area contributed by atoms with Crippen molar-refractivity contribution in [3.63, 3.8) is 0 Å². The third-order valence-corrected chi connectivity index (χ3v) is 4.02. The Morgan fingerprint density at radius 2 is 2.24 bits per heavy atom. The van der Waals surface area contributed by atoms with E-state index in [2.05, 4.69) is 15.5 Å². The molecule has 0 aliphatic heterocycles. The minimum atomic E-state index is -0.596. The zero-order valence-electron chi connectivity index (χ0n) is 12.0. The zero-order chi connectivity index (χ0) is 15.6. The van der Waals surface area contributed by atoms with Crippen molar-refractivity contribution in [3.8, 4) is 0 Å². The molecule has 21 heavy (non-hydrogen) atoms. The van der Waals surface area contributed by atoms with Gasteiger partial charge >= 0.3 is 5.69 Å². The number of aryl methyl sites for hydroxylation is 2. The second-order valence-electron chi connectivity index (χ2n) is 4.89. The van der Waals surface area contributed by atoms with E-state index < -0.39 is 10.8 Å². The Bertz CT molecular complexity index is 677. The molecule has 7 nitrogen and oxygen atoms in total. The van der Waals surface area contributed by atoms with Crippen LogP contribution in [-0.2, 0) is 6.42 Å². The Hall–Kier alpha value is -2.22. The Labute approximate surface area is 125 Å². The second-order valence-corrected chi connectivity index (χ2v) is 6.27. The molecule has 0 aromatic carbocycles. The number of nitrogens with zero attached hydrogens (tertiary/aromatic N) is 2. The summed E-state index contributed by atoms with van der Waals surface area (Å²) in [6.45, 7) is 5.39. The van der Waals surface area contributed by atoms with Crippen LogP contribution >= 0.6 is 11.3 Å². The van der Waals surface area contributed by atoms with Gasteiger partial charge in [-0.2, -0.15) is 5.10 Å². The monoisotopic (exact) mass is 308 g/mol. The summed E-state index contributed by atoms with van der Waals surface area (Å²) in [6.07, 6.45) is 0.682. The van der Waals surface area contributed by atoms with Crippen LogP contribution in [-0.4, -0.2) is 27.1 Å². The summed E-state index contributed by atoms with van der Waals surface area (Å²) in [5.74, 6) is -0.535. The second kappa shape index (κ2) is 6.04. The molecule has 0 unspecified atom stereocenters. The van der Waals surface area contributed by atoms with E-state index in [1.54, 1.807) is 11.3 Å². The first kappa shape index (κ1) is 15.2. The third-order valence-electron chi connectivity index (χ3n) is 2.99. The van der Waals surface area contributed by atoms with Crippen LogP contribution < -0.4 is 5.32 Å². The summed E-state index contributed by atoms with van der Waals surface area (Å²) in [6, 6.07) is 3.91. The van der Waals surface area contributed by atoms with E-state index in [1.807, 2.05) is 26.0 Å². The van der Waals surface area contributed by atoms with Crippen LogP contribution in [0.25, 0.3) is 0 Å². The fraction of sp³-hybridized carbons (Fsp3) is 0.385. The molecule has 0 saturated carbocycles. The summed E-state index contributed by atoms with van der Waals surface area (Å²) >= 11 is 1.67. The van der Waals surface area contributed by atoms with Crippen molar-refractivity contribution in [2.45, 2.75) is 33.2 Å². The largest absolute Gasteiger partial charge is 0.348 e. The summed E-state index contributed by atoms with van der Waals surface area (Å²) in [7, 11) is 0. The van der Waals surface area contributed by atoms with Gasteiger partial charge in [-0.3, -0.25) is 20.0 Å². The maximum absolute atomic E-state index is 12.1. The van der Waals surface area contributed by atoms with E-state index in [-0.39, 0.29) is 23.1 Å². The predicted molar refractivity (Wildman–Crippen MR) is 79.7 cm³/mol. The SMILES string of the molecule is Cc1ccc(C[C@H](C)NC(=O)c2n[nH]c(C)c2[N+](=O)[O-])s1. The van der Waals surface area contributed by atoms with Gasteiger partial charge in [0.1, 0.15) is 5.69 Å². The van der Waals surface area contributed by atoms with Crippen molar-refractivity contribution in [3.05, 3.63) is 43.4 Å². The Morgan fingerprint density at radius 3 is 2.81 bits per heavy atom. The number of amides is 1. The number of aromatic nitrogens is 2. The summed E-state index contributed by atoms with van der Waals surface area (Å²) in [4.78, 5) is 24.8. The van der Waals surface area contributed by atoms with Gasteiger partial charge in [-0.15, -0.1) is 11.3 Å². The van der Waals surface area contributed by atoms with E-state index in [0.717, 1.165) is 4.88 Å². The lowest BCUT2D eigenvalue weighted by atomic mass is 10.2. The molecule has 8 heteroatoms. The van der Waals surface area contributed by atoms with E-state index in [4.69, 9.17) is 0 Å². The normalized spacial score (nSPS) is 12.1. The van der Waals surface area contributed by atoms with Gasteiger partial charge in [0.15, 0.2) is 0 Å². The van der Waals surface area contributed by atoms with E-state index in [9.17, 15) is 14.9 Å². The first-order chi connectivity index (χ1) is 9.88. The smallest absolute Gasteiger partial charge is 0.322 e. The highest BCUT2D eigenvalue weighted by atomic mass is 32.1. The number of carbonyl (C=O) groups is 1. The van der Waals surface area contributed by atoms with Crippen molar-refractivity contribution in [2.24, 2.45) is 0 Å². The van der Waals surface area contributed by atoms with Crippen LogP contribution in [0.2, 0.25) is 0 Å². The maximum Gasteiger partial charge on any atom is 0.322 e. The topological polar surface area (TPSA) is 101 Å². The highest BCUT2D eigenvalue weighted by molar-refractivity contribution is 7.11. The Morgan fingerprint density at radius 1 is 1.52 bits per heavy atom. The van der Waals surface area contributed by atoms with Gasteiger partial charge in [0.05, 0.1) is 4.92 Å². The van der Waals surface area contributed by atoms with Crippen molar-refractivity contribution in [1.29, 1.82) is 0 Å². The quantitative estimate of drug-likeness (QED) is 0.654. The number of rotatable bonds is 5. The first-order valence-electron chi connectivity index (χ1n) is 6.44. The molecule has 2 heterocycles. The van der Waals surface area contributed by atoms with Crippen molar-refractivity contribution in [2.75, 3.05) is 0 Å². The lowest BCUT2D eigenvalue weighted by molar-refractivity contribution is -0.385. The molecule has 2 rings (SSSR count). The molecule has 1 amide bonds. The molecule has 112 valence electrons. The van der Waals surface area contributed by atoms with Crippen LogP contribution in [0.1, 0.15) is 32.9 Å². The van der Waals surface area contributed by atoms with Gasteiger partial charge in [0.25, 0.3) is 5.91 Å². The molecule has 1 atom stereocenters. The van der Waals surface area contributed by atoms with Gasteiger partial charge in [-0.25, -0.2) is 0 Å². The fourth-order valence-corrected chi connectivity index (χ4v) is 3.06. The predicted octanol–water partition coefficient (Wildman–Crippen LogP) is 2.36. The highest BCUT2D eigenvalue weighted by Gasteiger charge is 2.27. The van der Waals surface area contributed by atoms with E-state index in [0.29, 0.717) is 6.42 Å². The number of thiophene rings is 1. The van der Waals surface area contributed by atoms with Crippen molar-refractivity contribution >= 4 is 22.9 Å². The molecular weight excluding hydrogens is 292 g/mol. The Kier molecular flexibility index (Phi) is 4.37. The van der Waals surface area contributed by atoms with Crippen molar-refractivity contribution in [1.82, 2.24) is 15.5 Å². The molecule has 2 N–H and O–H groups in total. The number of hydrogen-bond donors (Lipinski definition) is 2. The van der Waals surface area contributed by atoms with Crippen LogP contribution in [0, 0.1) is 24.0 Å². The minimum Gasteiger partial charge on any atom is -0.348 e. The van der Waals surface area contributed by atoms with Crippen LogP contribution in [0.5, 0.6) is 0 Å². The van der Waals surface area contributed by atoms with E-state index >= 15 is 0 Å². The molecule has 2 aromatic rings. The van der Waals surface area contributed by atoms with Gasteiger partial charge in [-0.05, 0) is 32.9 Å². The lowest BCUT2D eigenvalue weighted by Crippen LogP contribution is -2.34. The lowest BCUT2D eigenvalue weighted by Gasteiger charge is -2.11. The number of carbonyl (C=O) groups excluding carboxylic acids is 1. The Balaban J connectivity index is 2.06. The number of nitrogens with one attached hydrogen (secondary N) is 2. The number of nitro groups is 1. The molecule has 0 spiro atoms. The third kappa shape index (κ3) is 3.46. The van der Waals surface area contributed by atoms with E-state index in [1.165, 1.54) is 11.8 Å². The number of hydrogen-bond acceptors (Lipinski definition) is 5. The number of aromatic amines is 1. The van der Waals surface area contributed by atoms with Gasteiger partial charge in [0.2, 0.25) is 5.69 Å².